The molecule has 0 aliphatic rings. The third kappa shape index (κ3) is 3.88. The Morgan fingerprint density at radius 1 is 1.20 bits per heavy atom. The van der Waals surface area contributed by atoms with Crippen LogP contribution in [0.2, 0.25) is 5.02 Å². The highest BCUT2D eigenvalue weighted by Gasteiger charge is 2.22. The standard InChI is InChI=1S/C21H23ClN2O/c1-3-11-23-21(25)13-18(15-7-6-8-16(22)12-15)19-14-24(2)20-10-5-4-9-17(19)20/h4-10,12,14,18H,3,11,13H2,1-2H3,(H,23,25). The van der Waals surface area contributed by atoms with Gasteiger partial charge in [0.25, 0.3) is 0 Å². The highest BCUT2D eigenvalue weighted by Crippen LogP contribution is 2.35. The van der Waals surface area contributed by atoms with Crippen molar-refractivity contribution in [3.05, 3.63) is 70.9 Å². The number of carbonyl (C=O) groups is 1. The van der Waals surface area contributed by atoms with E-state index in [1.807, 2.05) is 43.4 Å². The predicted octanol–water partition coefficient (Wildman–Crippen LogP) is 4.88. The van der Waals surface area contributed by atoms with Gasteiger partial charge in [-0.3, -0.25) is 4.79 Å². The fourth-order valence-electron chi connectivity index (χ4n) is 3.30. The van der Waals surface area contributed by atoms with E-state index in [0.29, 0.717) is 18.0 Å². The Labute approximate surface area is 153 Å². The summed E-state index contributed by atoms with van der Waals surface area (Å²) in [4.78, 5) is 12.4. The van der Waals surface area contributed by atoms with E-state index in [0.717, 1.165) is 17.5 Å². The van der Waals surface area contributed by atoms with Gasteiger partial charge in [0.05, 0.1) is 0 Å². The van der Waals surface area contributed by atoms with Crippen LogP contribution in [0.3, 0.4) is 0 Å². The van der Waals surface area contributed by atoms with Crippen molar-refractivity contribution in [2.45, 2.75) is 25.7 Å². The van der Waals surface area contributed by atoms with E-state index in [-0.39, 0.29) is 11.8 Å². The van der Waals surface area contributed by atoms with Crippen LogP contribution >= 0.6 is 11.6 Å². The highest BCUT2D eigenvalue weighted by molar-refractivity contribution is 6.30. The van der Waals surface area contributed by atoms with Gasteiger partial charge in [-0.25, -0.2) is 0 Å². The first kappa shape index (κ1) is 17.6. The first-order chi connectivity index (χ1) is 12.1. The second-order valence-electron chi connectivity index (χ2n) is 6.37. The monoisotopic (exact) mass is 354 g/mol. The van der Waals surface area contributed by atoms with Crippen LogP contribution in [-0.4, -0.2) is 17.0 Å². The van der Waals surface area contributed by atoms with Gasteiger partial charge in [-0.1, -0.05) is 48.9 Å². The summed E-state index contributed by atoms with van der Waals surface area (Å²) in [6, 6.07) is 16.1. The van der Waals surface area contributed by atoms with Crippen molar-refractivity contribution >= 4 is 28.4 Å². The zero-order chi connectivity index (χ0) is 17.8. The van der Waals surface area contributed by atoms with E-state index >= 15 is 0 Å². The quantitative estimate of drug-likeness (QED) is 0.672. The molecule has 0 saturated carbocycles. The first-order valence-corrected chi connectivity index (χ1v) is 9.04. The predicted molar refractivity (Wildman–Crippen MR) is 104 cm³/mol. The zero-order valence-corrected chi connectivity index (χ0v) is 15.4. The molecule has 1 heterocycles. The smallest absolute Gasteiger partial charge is 0.220 e. The van der Waals surface area contributed by atoms with Gasteiger partial charge in [0.1, 0.15) is 0 Å². The highest BCUT2D eigenvalue weighted by atomic mass is 35.5. The van der Waals surface area contributed by atoms with Crippen molar-refractivity contribution in [3.63, 3.8) is 0 Å². The van der Waals surface area contributed by atoms with Crippen LogP contribution in [0.5, 0.6) is 0 Å². The van der Waals surface area contributed by atoms with E-state index in [1.54, 1.807) is 0 Å². The molecular weight excluding hydrogens is 332 g/mol. The average Bonchev–Trinajstić information content (AvgIpc) is 2.95. The number of halogens is 1. The number of nitrogens with one attached hydrogen (secondary N) is 1. The summed E-state index contributed by atoms with van der Waals surface area (Å²) in [7, 11) is 2.04. The molecule has 1 atom stereocenters. The van der Waals surface area contributed by atoms with Gasteiger partial charge in [0.2, 0.25) is 5.91 Å². The number of hydrogen-bond acceptors (Lipinski definition) is 1. The number of carbonyl (C=O) groups excluding carboxylic acids is 1. The number of amides is 1. The molecule has 0 aliphatic heterocycles. The molecule has 0 radical (unpaired) electrons. The van der Waals surface area contributed by atoms with E-state index in [4.69, 9.17) is 11.6 Å². The van der Waals surface area contributed by atoms with Crippen LogP contribution in [0.15, 0.2) is 54.7 Å². The van der Waals surface area contributed by atoms with Crippen molar-refractivity contribution in [1.29, 1.82) is 0 Å². The number of aromatic nitrogens is 1. The van der Waals surface area contributed by atoms with Crippen molar-refractivity contribution < 1.29 is 4.79 Å². The summed E-state index contributed by atoms with van der Waals surface area (Å²) in [6.07, 6.45) is 3.47. The lowest BCUT2D eigenvalue weighted by Gasteiger charge is -2.17. The van der Waals surface area contributed by atoms with Gasteiger partial charge >= 0.3 is 0 Å². The Hall–Kier alpha value is -2.26. The van der Waals surface area contributed by atoms with Crippen LogP contribution in [0.25, 0.3) is 10.9 Å². The molecule has 0 bridgehead atoms. The van der Waals surface area contributed by atoms with Crippen LogP contribution in [-0.2, 0) is 11.8 Å². The van der Waals surface area contributed by atoms with Crippen LogP contribution in [0.4, 0.5) is 0 Å². The molecule has 4 heteroatoms. The summed E-state index contributed by atoms with van der Waals surface area (Å²) in [5.41, 5.74) is 3.39. The van der Waals surface area contributed by atoms with E-state index < -0.39 is 0 Å². The lowest BCUT2D eigenvalue weighted by molar-refractivity contribution is -0.121. The molecule has 130 valence electrons. The van der Waals surface area contributed by atoms with Crippen molar-refractivity contribution in [1.82, 2.24) is 9.88 Å². The number of rotatable bonds is 6. The number of hydrogen-bond donors (Lipinski definition) is 1. The van der Waals surface area contributed by atoms with Crippen molar-refractivity contribution in [3.8, 4) is 0 Å². The molecule has 1 amide bonds. The van der Waals surface area contributed by atoms with Crippen LogP contribution < -0.4 is 5.32 Å². The number of nitrogens with zero attached hydrogens (tertiary/aromatic N) is 1. The number of para-hydroxylation sites is 1. The Balaban J connectivity index is 2.05. The minimum Gasteiger partial charge on any atom is -0.356 e. The van der Waals surface area contributed by atoms with Gasteiger partial charge in [0, 0.05) is 48.1 Å². The molecular formula is C21H23ClN2O. The summed E-state index contributed by atoms with van der Waals surface area (Å²) in [6.45, 7) is 2.76. The molecule has 1 aromatic heterocycles. The molecule has 3 nitrogen and oxygen atoms in total. The normalized spacial score (nSPS) is 12.3. The lowest BCUT2D eigenvalue weighted by atomic mass is 9.88. The van der Waals surface area contributed by atoms with E-state index in [9.17, 15) is 4.79 Å². The summed E-state index contributed by atoms with van der Waals surface area (Å²) in [5.74, 6) is 0.0430. The van der Waals surface area contributed by atoms with Gasteiger partial charge in [0.15, 0.2) is 0 Å². The minimum absolute atomic E-state index is 0.0262. The number of fused-ring (bicyclic) bond motifs is 1. The molecule has 0 saturated heterocycles. The maximum absolute atomic E-state index is 12.4. The van der Waals surface area contributed by atoms with Gasteiger partial charge < -0.3 is 9.88 Å². The first-order valence-electron chi connectivity index (χ1n) is 8.66. The third-order valence-electron chi connectivity index (χ3n) is 4.52. The second kappa shape index (κ2) is 7.75. The largest absolute Gasteiger partial charge is 0.356 e. The van der Waals surface area contributed by atoms with E-state index in [1.165, 1.54) is 10.9 Å². The summed E-state index contributed by atoms with van der Waals surface area (Å²) >= 11 is 6.21. The van der Waals surface area contributed by atoms with Crippen molar-refractivity contribution in [2.75, 3.05) is 6.54 Å². The van der Waals surface area contributed by atoms with Gasteiger partial charge in [-0.05, 0) is 35.7 Å². The molecule has 0 fully saturated rings. The maximum atomic E-state index is 12.4. The molecule has 1 unspecified atom stereocenters. The number of benzene rings is 2. The fourth-order valence-corrected chi connectivity index (χ4v) is 3.50. The molecule has 0 spiro atoms. The fraction of sp³-hybridized carbons (Fsp3) is 0.286. The summed E-state index contributed by atoms with van der Waals surface area (Å²) < 4.78 is 2.12. The molecule has 25 heavy (non-hydrogen) atoms. The Kier molecular flexibility index (Phi) is 5.44. The molecule has 2 aromatic carbocycles. The molecule has 1 N–H and O–H groups in total. The molecule has 3 rings (SSSR count). The molecule has 3 aromatic rings. The van der Waals surface area contributed by atoms with Gasteiger partial charge in [-0.2, -0.15) is 0 Å². The zero-order valence-electron chi connectivity index (χ0n) is 14.6. The van der Waals surface area contributed by atoms with Crippen molar-refractivity contribution in [2.24, 2.45) is 7.05 Å². The lowest BCUT2D eigenvalue weighted by Crippen LogP contribution is -2.26. The Bertz CT molecular complexity index is 884. The van der Waals surface area contributed by atoms with E-state index in [2.05, 4.69) is 35.1 Å². The summed E-state index contributed by atoms with van der Waals surface area (Å²) in [5, 5.41) is 4.86. The average molecular weight is 355 g/mol. The third-order valence-corrected chi connectivity index (χ3v) is 4.75. The Morgan fingerprint density at radius 3 is 2.76 bits per heavy atom. The maximum Gasteiger partial charge on any atom is 0.220 e. The topological polar surface area (TPSA) is 34.0 Å². The van der Waals surface area contributed by atoms with Crippen LogP contribution in [0, 0.1) is 0 Å². The second-order valence-corrected chi connectivity index (χ2v) is 6.81. The Morgan fingerprint density at radius 2 is 2.00 bits per heavy atom. The SMILES string of the molecule is CCCNC(=O)CC(c1cccc(Cl)c1)c1cn(C)c2ccccc12. The number of aryl methyl sites for hydroxylation is 1. The minimum atomic E-state index is -0.0262. The molecule has 0 aliphatic carbocycles. The van der Waals surface area contributed by atoms with Crippen LogP contribution in [0.1, 0.15) is 36.8 Å². The van der Waals surface area contributed by atoms with Gasteiger partial charge in [-0.15, -0.1) is 0 Å².